The highest BCUT2D eigenvalue weighted by molar-refractivity contribution is 5.81. The second kappa shape index (κ2) is 8.85. The van der Waals surface area contributed by atoms with E-state index >= 15 is 0 Å². The fraction of sp³-hybridized carbons (Fsp3) is 0.941. The first-order valence-corrected chi connectivity index (χ1v) is 9.08. The topological polar surface area (TPSA) is 52.8 Å². The lowest BCUT2D eigenvalue weighted by Crippen LogP contribution is -2.54. The van der Waals surface area contributed by atoms with Crippen LogP contribution >= 0.6 is 0 Å². The molecule has 2 aliphatic heterocycles. The number of rotatable bonds is 5. The molecule has 0 aromatic heterocycles. The van der Waals surface area contributed by atoms with Crippen LogP contribution in [0.2, 0.25) is 0 Å². The van der Waals surface area contributed by atoms with Crippen LogP contribution in [0.4, 0.5) is 0 Å². The Balaban J connectivity index is 1.90. The van der Waals surface area contributed by atoms with E-state index in [2.05, 4.69) is 28.7 Å². The number of likely N-dealkylation sites (N-methyl/N-ethyl adjacent to an activating group) is 1. The Bertz CT molecular complexity index is 342. The molecule has 128 valence electrons. The molecule has 2 rings (SSSR count). The highest BCUT2D eigenvalue weighted by Gasteiger charge is 2.29. The molecule has 0 unspecified atom stereocenters. The first-order valence-electron chi connectivity index (χ1n) is 9.08. The maximum absolute atomic E-state index is 12.6. The van der Waals surface area contributed by atoms with Crippen molar-refractivity contribution in [2.45, 2.75) is 57.5 Å². The summed E-state index contributed by atoms with van der Waals surface area (Å²) in [5.41, 5.74) is 6.12. The summed E-state index contributed by atoms with van der Waals surface area (Å²) in [7, 11) is 2.19. The van der Waals surface area contributed by atoms with Crippen molar-refractivity contribution in [2.24, 2.45) is 5.73 Å². The first kappa shape index (κ1) is 17.7. The van der Waals surface area contributed by atoms with Gasteiger partial charge in [-0.25, -0.2) is 0 Å². The fourth-order valence-electron chi connectivity index (χ4n) is 3.59. The van der Waals surface area contributed by atoms with Crippen molar-refractivity contribution < 1.29 is 4.79 Å². The summed E-state index contributed by atoms with van der Waals surface area (Å²) in [6, 6.07) is 0.227. The van der Waals surface area contributed by atoms with Crippen molar-refractivity contribution in [1.29, 1.82) is 0 Å². The van der Waals surface area contributed by atoms with Gasteiger partial charge in [0.1, 0.15) is 0 Å². The number of amides is 1. The van der Waals surface area contributed by atoms with Gasteiger partial charge in [0.05, 0.1) is 6.04 Å². The number of hydrogen-bond donors (Lipinski definition) is 1. The number of piperazine rings is 1. The quantitative estimate of drug-likeness (QED) is 0.827. The summed E-state index contributed by atoms with van der Waals surface area (Å²) in [5.74, 6) is 0.175. The molecule has 2 N–H and O–H groups in total. The summed E-state index contributed by atoms with van der Waals surface area (Å²) in [6.07, 6.45) is 6.54. The Labute approximate surface area is 135 Å². The zero-order valence-electron chi connectivity index (χ0n) is 14.5. The van der Waals surface area contributed by atoms with E-state index < -0.39 is 0 Å². The summed E-state index contributed by atoms with van der Waals surface area (Å²) < 4.78 is 0. The van der Waals surface area contributed by atoms with Gasteiger partial charge in [-0.15, -0.1) is 0 Å². The Hall–Kier alpha value is -0.650. The molecule has 0 aromatic carbocycles. The van der Waals surface area contributed by atoms with Gasteiger partial charge in [-0.3, -0.25) is 9.69 Å². The average molecular weight is 310 g/mol. The van der Waals surface area contributed by atoms with Gasteiger partial charge < -0.3 is 15.5 Å². The van der Waals surface area contributed by atoms with Crippen LogP contribution in [0.5, 0.6) is 0 Å². The molecule has 2 atom stereocenters. The number of carbonyl (C=O) groups is 1. The van der Waals surface area contributed by atoms with Crippen molar-refractivity contribution in [3.8, 4) is 0 Å². The van der Waals surface area contributed by atoms with Crippen LogP contribution in [-0.4, -0.2) is 79.0 Å². The van der Waals surface area contributed by atoms with Gasteiger partial charge in [-0.2, -0.15) is 0 Å². The second-order valence-electron chi connectivity index (χ2n) is 7.02. The smallest absolute Gasteiger partial charge is 0.239 e. The van der Waals surface area contributed by atoms with Gasteiger partial charge in [0.15, 0.2) is 0 Å². The monoisotopic (exact) mass is 310 g/mol. The Kier molecular flexibility index (Phi) is 7.12. The predicted molar refractivity (Wildman–Crippen MR) is 90.8 cm³/mol. The molecule has 5 heteroatoms. The minimum Gasteiger partial charge on any atom is -0.340 e. The highest BCUT2D eigenvalue weighted by atomic mass is 16.2. The minimum absolute atomic E-state index is 0.175. The first-order chi connectivity index (χ1) is 10.6. The molecule has 0 aromatic rings. The van der Waals surface area contributed by atoms with E-state index in [0.29, 0.717) is 6.04 Å². The van der Waals surface area contributed by atoms with Crippen LogP contribution in [-0.2, 0) is 4.79 Å². The number of unbranched alkanes of at least 4 members (excludes halogenated alkanes) is 1. The summed E-state index contributed by atoms with van der Waals surface area (Å²) in [4.78, 5) is 19.6. The maximum atomic E-state index is 12.6. The molecule has 2 fully saturated rings. The standard InChI is InChI=1S/C17H34N4O/c1-3-4-8-16(18)17(22)21-9-6-5-7-15(14-21)20-12-10-19(2)11-13-20/h15-16H,3-14,18H2,1-2H3/t15-,16+/m1/s1. The van der Waals surface area contributed by atoms with Crippen molar-refractivity contribution in [1.82, 2.24) is 14.7 Å². The van der Waals surface area contributed by atoms with Gasteiger partial charge in [0, 0.05) is 45.3 Å². The van der Waals surface area contributed by atoms with E-state index in [1.165, 1.54) is 12.8 Å². The summed E-state index contributed by atoms with van der Waals surface area (Å²) in [6.45, 7) is 8.45. The van der Waals surface area contributed by atoms with Gasteiger partial charge >= 0.3 is 0 Å². The van der Waals surface area contributed by atoms with Crippen molar-refractivity contribution in [3.05, 3.63) is 0 Å². The molecule has 1 amide bonds. The molecule has 5 nitrogen and oxygen atoms in total. The highest BCUT2D eigenvalue weighted by Crippen LogP contribution is 2.18. The number of nitrogens with zero attached hydrogens (tertiary/aromatic N) is 3. The van der Waals surface area contributed by atoms with Crippen LogP contribution in [0, 0.1) is 0 Å². The van der Waals surface area contributed by atoms with Crippen molar-refractivity contribution in [3.63, 3.8) is 0 Å². The Morgan fingerprint density at radius 3 is 2.59 bits per heavy atom. The molecule has 0 radical (unpaired) electrons. The maximum Gasteiger partial charge on any atom is 0.239 e. The minimum atomic E-state index is -0.300. The molecule has 22 heavy (non-hydrogen) atoms. The van der Waals surface area contributed by atoms with E-state index in [9.17, 15) is 4.79 Å². The predicted octanol–water partition coefficient (Wildman–Crippen LogP) is 1.13. The molecule has 0 aliphatic carbocycles. The average Bonchev–Trinajstić information content (AvgIpc) is 2.78. The van der Waals surface area contributed by atoms with Crippen LogP contribution < -0.4 is 5.73 Å². The zero-order valence-corrected chi connectivity index (χ0v) is 14.5. The van der Waals surface area contributed by atoms with E-state index in [1.807, 2.05) is 0 Å². The summed E-state index contributed by atoms with van der Waals surface area (Å²) in [5, 5.41) is 0. The fourth-order valence-corrected chi connectivity index (χ4v) is 3.59. The lowest BCUT2D eigenvalue weighted by atomic mass is 10.1. The Morgan fingerprint density at radius 1 is 1.18 bits per heavy atom. The lowest BCUT2D eigenvalue weighted by molar-refractivity contribution is -0.133. The van der Waals surface area contributed by atoms with Gasteiger partial charge in [0.2, 0.25) is 5.91 Å². The molecule has 2 heterocycles. The van der Waals surface area contributed by atoms with Gasteiger partial charge in [-0.05, 0) is 26.3 Å². The molecular weight excluding hydrogens is 276 g/mol. The lowest BCUT2D eigenvalue weighted by Gasteiger charge is -2.39. The van der Waals surface area contributed by atoms with Crippen molar-refractivity contribution >= 4 is 5.91 Å². The van der Waals surface area contributed by atoms with E-state index in [1.54, 1.807) is 0 Å². The van der Waals surface area contributed by atoms with Crippen LogP contribution in [0.3, 0.4) is 0 Å². The molecule has 2 aliphatic rings. The van der Waals surface area contributed by atoms with E-state index in [0.717, 1.165) is 65.0 Å². The molecular formula is C17H34N4O. The van der Waals surface area contributed by atoms with Crippen LogP contribution in [0.15, 0.2) is 0 Å². The number of nitrogens with two attached hydrogens (primary N) is 1. The molecule has 2 saturated heterocycles. The normalized spacial score (nSPS) is 26.7. The van der Waals surface area contributed by atoms with Crippen molar-refractivity contribution in [2.75, 3.05) is 46.3 Å². The van der Waals surface area contributed by atoms with Crippen LogP contribution in [0.1, 0.15) is 45.4 Å². The Morgan fingerprint density at radius 2 is 1.91 bits per heavy atom. The second-order valence-corrected chi connectivity index (χ2v) is 7.02. The largest absolute Gasteiger partial charge is 0.340 e. The summed E-state index contributed by atoms with van der Waals surface area (Å²) >= 11 is 0. The number of hydrogen-bond acceptors (Lipinski definition) is 4. The molecule has 0 saturated carbocycles. The molecule has 0 spiro atoms. The molecule has 0 bridgehead atoms. The zero-order chi connectivity index (χ0) is 15.9. The van der Waals surface area contributed by atoms with Gasteiger partial charge in [0.25, 0.3) is 0 Å². The number of likely N-dealkylation sites (tertiary alicyclic amines) is 1. The number of carbonyl (C=O) groups excluding carboxylic acids is 1. The third-order valence-corrected chi connectivity index (χ3v) is 5.20. The van der Waals surface area contributed by atoms with Crippen LogP contribution in [0.25, 0.3) is 0 Å². The third kappa shape index (κ3) is 4.93. The van der Waals surface area contributed by atoms with Gasteiger partial charge in [-0.1, -0.05) is 26.2 Å². The van der Waals surface area contributed by atoms with E-state index in [-0.39, 0.29) is 11.9 Å². The van der Waals surface area contributed by atoms with E-state index in [4.69, 9.17) is 5.73 Å². The third-order valence-electron chi connectivity index (χ3n) is 5.20. The SMILES string of the molecule is CCCC[C@H](N)C(=O)N1CCCC[C@@H](N2CCN(C)CC2)C1.